The van der Waals surface area contributed by atoms with E-state index in [2.05, 4.69) is 17.5 Å². The number of nitriles is 1. The summed E-state index contributed by atoms with van der Waals surface area (Å²) in [6.07, 6.45) is 1.84. The van der Waals surface area contributed by atoms with Crippen molar-refractivity contribution in [2.45, 2.75) is 13.0 Å². The van der Waals surface area contributed by atoms with Crippen molar-refractivity contribution < 1.29 is 51.4 Å². The van der Waals surface area contributed by atoms with Gasteiger partial charge < -0.3 is 10.7 Å². The maximum Gasteiger partial charge on any atom is 1.00 e. The van der Waals surface area contributed by atoms with Gasteiger partial charge in [0.2, 0.25) is 0 Å². The summed E-state index contributed by atoms with van der Waals surface area (Å²) in [5.41, 5.74) is 2.07. The first-order chi connectivity index (χ1) is 8.86. The van der Waals surface area contributed by atoms with Gasteiger partial charge in [0.15, 0.2) is 0 Å². The van der Waals surface area contributed by atoms with Crippen LogP contribution >= 0.6 is 0 Å². The SMILES string of the molecule is N#CCC[N-]Cc1ccc(C=N)c2ccccc12.[K+]. The molecule has 0 atom stereocenters. The fourth-order valence-electron chi connectivity index (χ4n) is 1.98. The van der Waals surface area contributed by atoms with Gasteiger partial charge in [0.1, 0.15) is 0 Å². The van der Waals surface area contributed by atoms with Gasteiger partial charge in [-0.1, -0.05) is 42.0 Å². The molecule has 90 valence electrons. The van der Waals surface area contributed by atoms with Crippen LogP contribution in [0.4, 0.5) is 0 Å². The van der Waals surface area contributed by atoms with Crippen LogP contribution in [0.2, 0.25) is 0 Å². The Hall–Kier alpha value is -0.544. The van der Waals surface area contributed by atoms with Gasteiger partial charge in [0, 0.05) is 12.6 Å². The molecule has 0 amide bonds. The van der Waals surface area contributed by atoms with Gasteiger partial charge in [0.05, 0.1) is 6.07 Å². The maximum absolute atomic E-state index is 8.47. The van der Waals surface area contributed by atoms with E-state index in [0.717, 1.165) is 21.9 Å². The second-order valence-electron chi connectivity index (χ2n) is 4.02. The minimum atomic E-state index is 0. The van der Waals surface area contributed by atoms with Crippen LogP contribution in [0.25, 0.3) is 16.1 Å². The topological polar surface area (TPSA) is 61.7 Å². The van der Waals surface area contributed by atoms with Crippen LogP contribution in [0, 0.1) is 16.7 Å². The van der Waals surface area contributed by atoms with Crippen LogP contribution < -0.4 is 51.4 Å². The van der Waals surface area contributed by atoms with Gasteiger partial charge in [-0.05, 0) is 16.3 Å². The summed E-state index contributed by atoms with van der Waals surface area (Å²) in [5.74, 6) is 0. The van der Waals surface area contributed by atoms with Gasteiger partial charge in [0.25, 0.3) is 0 Å². The third-order valence-corrected chi connectivity index (χ3v) is 2.87. The first-order valence-corrected chi connectivity index (χ1v) is 5.88. The molecular formula is C15H14KN3. The molecule has 0 bridgehead atoms. The van der Waals surface area contributed by atoms with Crippen molar-refractivity contribution in [3.05, 3.63) is 52.8 Å². The minimum absolute atomic E-state index is 0. The molecule has 0 radical (unpaired) electrons. The number of nitrogens with one attached hydrogen (secondary N) is 1. The number of benzene rings is 2. The van der Waals surface area contributed by atoms with E-state index in [0.29, 0.717) is 19.5 Å². The van der Waals surface area contributed by atoms with Crippen molar-refractivity contribution in [1.82, 2.24) is 0 Å². The predicted molar refractivity (Wildman–Crippen MR) is 74.0 cm³/mol. The quantitative estimate of drug-likeness (QED) is 0.485. The Balaban J connectivity index is 0.00000180. The molecule has 0 fully saturated rings. The predicted octanol–water partition coefficient (Wildman–Crippen LogP) is 0.629. The number of fused-ring (bicyclic) bond motifs is 1. The van der Waals surface area contributed by atoms with Crippen molar-refractivity contribution >= 4 is 17.0 Å². The van der Waals surface area contributed by atoms with Gasteiger partial charge in [-0.25, -0.2) is 0 Å². The monoisotopic (exact) mass is 275 g/mol. The third-order valence-electron chi connectivity index (χ3n) is 2.87. The Morgan fingerprint density at radius 2 is 1.89 bits per heavy atom. The summed E-state index contributed by atoms with van der Waals surface area (Å²) in [6.45, 7) is 1.21. The van der Waals surface area contributed by atoms with E-state index in [1.54, 1.807) is 0 Å². The number of rotatable bonds is 5. The van der Waals surface area contributed by atoms with E-state index in [9.17, 15) is 0 Å². The van der Waals surface area contributed by atoms with Crippen molar-refractivity contribution in [3.8, 4) is 6.07 Å². The van der Waals surface area contributed by atoms with Gasteiger partial charge in [-0.15, -0.1) is 13.1 Å². The molecule has 2 rings (SSSR count). The Labute approximate surface area is 155 Å². The average Bonchev–Trinajstić information content (AvgIpc) is 2.43. The normalized spacial score (nSPS) is 9.63. The zero-order valence-electron chi connectivity index (χ0n) is 11.1. The molecule has 0 saturated carbocycles. The molecule has 4 heteroatoms. The van der Waals surface area contributed by atoms with E-state index < -0.39 is 0 Å². The van der Waals surface area contributed by atoms with E-state index in [-0.39, 0.29) is 51.4 Å². The molecular weight excluding hydrogens is 261 g/mol. The summed E-state index contributed by atoms with van der Waals surface area (Å²) in [5, 5.41) is 22.5. The van der Waals surface area contributed by atoms with E-state index in [1.807, 2.05) is 30.3 Å². The molecule has 0 aliphatic carbocycles. The van der Waals surface area contributed by atoms with Crippen LogP contribution in [0.1, 0.15) is 17.5 Å². The van der Waals surface area contributed by atoms with Crippen LogP contribution in [0.15, 0.2) is 36.4 Å². The van der Waals surface area contributed by atoms with Gasteiger partial charge >= 0.3 is 51.4 Å². The Morgan fingerprint density at radius 3 is 2.58 bits per heavy atom. The molecule has 0 unspecified atom stereocenters. The smallest absolute Gasteiger partial charge is 0.658 e. The molecule has 3 nitrogen and oxygen atoms in total. The Kier molecular flexibility index (Phi) is 7.47. The van der Waals surface area contributed by atoms with Crippen molar-refractivity contribution in [2.75, 3.05) is 6.54 Å². The molecule has 1 N–H and O–H groups in total. The van der Waals surface area contributed by atoms with E-state index in [4.69, 9.17) is 10.7 Å². The first-order valence-electron chi connectivity index (χ1n) is 5.88. The van der Waals surface area contributed by atoms with Crippen LogP contribution in [0.3, 0.4) is 0 Å². The van der Waals surface area contributed by atoms with Gasteiger partial charge in [-0.3, -0.25) is 0 Å². The third kappa shape index (κ3) is 4.21. The fraction of sp³-hybridized carbons (Fsp3) is 0.200. The number of hydrogen-bond donors (Lipinski definition) is 1. The Bertz CT molecular complexity index is 602. The summed E-state index contributed by atoms with van der Waals surface area (Å²) >= 11 is 0. The molecule has 2 aromatic rings. The fourth-order valence-corrected chi connectivity index (χ4v) is 1.98. The second-order valence-corrected chi connectivity index (χ2v) is 4.02. The molecule has 19 heavy (non-hydrogen) atoms. The van der Waals surface area contributed by atoms with E-state index >= 15 is 0 Å². The summed E-state index contributed by atoms with van der Waals surface area (Å²) in [6, 6.07) is 14.1. The van der Waals surface area contributed by atoms with Crippen molar-refractivity contribution in [3.63, 3.8) is 0 Å². The Morgan fingerprint density at radius 1 is 1.16 bits per heavy atom. The zero-order chi connectivity index (χ0) is 12.8. The molecule has 2 aromatic carbocycles. The molecule has 0 heterocycles. The molecule has 0 saturated heterocycles. The molecule has 0 aromatic heterocycles. The summed E-state index contributed by atoms with van der Waals surface area (Å²) in [7, 11) is 0. The standard InChI is InChI=1S/C15H14N3.K/c16-8-3-9-18-11-13-7-6-12(10-17)14-4-1-2-5-15(13)14;/h1-2,4-7,10,17H,3,9,11H2;/q-1;+1. The van der Waals surface area contributed by atoms with Crippen LogP contribution in [-0.2, 0) is 6.54 Å². The minimum Gasteiger partial charge on any atom is -0.658 e. The van der Waals surface area contributed by atoms with Crippen molar-refractivity contribution in [1.29, 1.82) is 10.7 Å². The molecule has 0 aliphatic heterocycles. The maximum atomic E-state index is 8.47. The molecule has 0 aliphatic rings. The van der Waals surface area contributed by atoms with Crippen molar-refractivity contribution in [2.24, 2.45) is 0 Å². The summed E-state index contributed by atoms with van der Waals surface area (Å²) in [4.78, 5) is 0. The average molecular weight is 275 g/mol. The first kappa shape index (κ1) is 16.5. The zero-order valence-corrected chi connectivity index (χ0v) is 14.2. The van der Waals surface area contributed by atoms with Crippen LogP contribution in [0.5, 0.6) is 0 Å². The van der Waals surface area contributed by atoms with Gasteiger partial charge in [-0.2, -0.15) is 5.26 Å². The molecule has 0 spiro atoms. The second kappa shape index (κ2) is 8.59. The number of hydrogen-bond acceptors (Lipinski definition) is 2. The summed E-state index contributed by atoms with van der Waals surface area (Å²) < 4.78 is 0. The largest absolute Gasteiger partial charge is 1.00 e. The number of nitrogens with zero attached hydrogens (tertiary/aromatic N) is 2. The van der Waals surface area contributed by atoms with Crippen LogP contribution in [-0.4, -0.2) is 12.8 Å². The van der Waals surface area contributed by atoms with E-state index in [1.165, 1.54) is 6.21 Å².